The Morgan fingerprint density at radius 2 is 1.97 bits per heavy atom. The highest BCUT2D eigenvalue weighted by Gasteiger charge is 2.42. The SMILES string of the molecule is CCOc1ccc([C@@H]2c3c(-c4cc(C)ccc4O)n[nH]c3C(=O)N2CCCOC)cc1. The molecule has 1 aromatic heterocycles. The third kappa shape index (κ3) is 3.88. The second-order valence-corrected chi connectivity index (χ2v) is 7.63. The van der Waals surface area contributed by atoms with Gasteiger partial charge in [0.25, 0.3) is 5.91 Å². The normalized spacial score (nSPS) is 15.4. The second-order valence-electron chi connectivity index (χ2n) is 7.63. The van der Waals surface area contributed by atoms with Gasteiger partial charge in [0.15, 0.2) is 0 Å². The van der Waals surface area contributed by atoms with E-state index < -0.39 is 0 Å². The van der Waals surface area contributed by atoms with Crippen molar-refractivity contribution in [3.63, 3.8) is 0 Å². The molecule has 0 unspecified atom stereocenters. The van der Waals surface area contributed by atoms with Gasteiger partial charge in [0, 0.05) is 31.4 Å². The summed E-state index contributed by atoms with van der Waals surface area (Å²) in [4.78, 5) is 15.1. The molecule has 1 atom stereocenters. The van der Waals surface area contributed by atoms with Crippen LogP contribution in [0.3, 0.4) is 0 Å². The van der Waals surface area contributed by atoms with Crippen LogP contribution in [-0.4, -0.2) is 53.0 Å². The van der Waals surface area contributed by atoms with Gasteiger partial charge in [0.1, 0.15) is 22.9 Å². The molecule has 3 aromatic rings. The van der Waals surface area contributed by atoms with Gasteiger partial charge in [-0.15, -0.1) is 0 Å². The maximum atomic E-state index is 13.3. The highest BCUT2D eigenvalue weighted by atomic mass is 16.5. The van der Waals surface area contributed by atoms with Crippen LogP contribution in [0.4, 0.5) is 0 Å². The average Bonchev–Trinajstić information content (AvgIpc) is 3.30. The molecular weight excluding hydrogens is 394 g/mol. The number of aryl methyl sites for hydroxylation is 1. The lowest BCUT2D eigenvalue weighted by Crippen LogP contribution is -2.31. The maximum Gasteiger partial charge on any atom is 0.273 e. The average molecular weight is 421 g/mol. The molecule has 0 radical (unpaired) electrons. The van der Waals surface area contributed by atoms with Crippen LogP contribution in [-0.2, 0) is 4.74 Å². The van der Waals surface area contributed by atoms with Gasteiger partial charge < -0.3 is 19.5 Å². The van der Waals surface area contributed by atoms with Crippen molar-refractivity contribution < 1.29 is 19.4 Å². The van der Waals surface area contributed by atoms with Crippen LogP contribution >= 0.6 is 0 Å². The first-order chi connectivity index (χ1) is 15.0. The molecule has 1 aliphatic heterocycles. The summed E-state index contributed by atoms with van der Waals surface area (Å²) in [7, 11) is 1.65. The van der Waals surface area contributed by atoms with Crippen LogP contribution in [0, 0.1) is 6.92 Å². The van der Waals surface area contributed by atoms with E-state index in [4.69, 9.17) is 9.47 Å². The zero-order chi connectivity index (χ0) is 22.0. The van der Waals surface area contributed by atoms with Gasteiger partial charge in [-0.05, 0) is 50.1 Å². The van der Waals surface area contributed by atoms with Crippen molar-refractivity contribution in [2.75, 3.05) is 26.9 Å². The van der Waals surface area contributed by atoms with E-state index in [1.54, 1.807) is 13.2 Å². The second kappa shape index (κ2) is 8.81. The molecule has 0 aliphatic carbocycles. The van der Waals surface area contributed by atoms with Crippen molar-refractivity contribution in [1.82, 2.24) is 15.1 Å². The number of ether oxygens (including phenoxy) is 2. The highest BCUT2D eigenvalue weighted by Crippen LogP contribution is 2.44. The maximum absolute atomic E-state index is 13.3. The third-order valence-corrected chi connectivity index (χ3v) is 5.53. The molecule has 0 spiro atoms. The molecule has 4 rings (SSSR count). The zero-order valence-corrected chi connectivity index (χ0v) is 18.0. The molecule has 1 aliphatic rings. The van der Waals surface area contributed by atoms with Crippen LogP contribution in [0.1, 0.15) is 46.6 Å². The Kier molecular flexibility index (Phi) is 5.95. The lowest BCUT2D eigenvalue weighted by atomic mass is 9.95. The number of aromatic nitrogens is 2. The van der Waals surface area contributed by atoms with Gasteiger partial charge in [0.2, 0.25) is 0 Å². The van der Waals surface area contributed by atoms with Gasteiger partial charge in [-0.1, -0.05) is 23.8 Å². The molecule has 7 heteroatoms. The molecule has 0 saturated heterocycles. The van der Waals surface area contributed by atoms with E-state index in [1.807, 2.05) is 55.1 Å². The molecule has 2 N–H and O–H groups in total. The van der Waals surface area contributed by atoms with Crippen LogP contribution in [0.15, 0.2) is 42.5 Å². The monoisotopic (exact) mass is 421 g/mol. The molecule has 1 amide bonds. The lowest BCUT2D eigenvalue weighted by Gasteiger charge is -2.26. The first-order valence-electron chi connectivity index (χ1n) is 10.5. The summed E-state index contributed by atoms with van der Waals surface area (Å²) in [5.74, 6) is 0.817. The number of nitrogens with zero attached hydrogens (tertiary/aromatic N) is 2. The number of benzene rings is 2. The minimum Gasteiger partial charge on any atom is -0.507 e. The van der Waals surface area contributed by atoms with E-state index in [0.29, 0.717) is 36.7 Å². The van der Waals surface area contributed by atoms with Gasteiger partial charge in [-0.3, -0.25) is 9.89 Å². The highest BCUT2D eigenvalue weighted by molar-refractivity contribution is 6.00. The number of phenols is 1. The summed E-state index contributed by atoms with van der Waals surface area (Å²) in [6, 6.07) is 12.9. The molecule has 162 valence electrons. The summed E-state index contributed by atoms with van der Waals surface area (Å²) in [6.07, 6.45) is 0.721. The molecule has 7 nitrogen and oxygen atoms in total. The Morgan fingerprint density at radius 3 is 2.68 bits per heavy atom. The molecule has 0 fully saturated rings. The fraction of sp³-hybridized carbons (Fsp3) is 0.333. The van der Waals surface area contributed by atoms with Crippen LogP contribution in [0.5, 0.6) is 11.5 Å². The minimum atomic E-state index is -0.316. The Labute approximate surface area is 181 Å². The van der Waals surface area contributed by atoms with Crippen LogP contribution < -0.4 is 4.74 Å². The fourth-order valence-electron chi connectivity index (χ4n) is 4.11. The Hall–Kier alpha value is -3.32. The molecule has 2 heterocycles. The molecule has 0 bridgehead atoms. The predicted octanol–water partition coefficient (Wildman–Crippen LogP) is 4.07. The summed E-state index contributed by atoms with van der Waals surface area (Å²) in [6.45, 7) is 5.61. The Balaban J connectivity index is 1.81. The predicted molar refractivity (Wildman–Crippen MR) is 117 cm³/mol. The first-order valence-corrected chi connectivity index (χ1v) is 10.5. The number of amides is 1. The summed E-state index contributed by atoms with van der Waals surface area (Å²) in [5.41, 5.74) is 4.42. The first kappa shape index (κ1) is 20.9. The van der Waals surface area contributed by atoms with Crippen molar-refractivity contribution in [3.8, 4) is 22.8 Å². The number of carbonyl (C=O) groups is 1. The van der Waals surface area contributed by atoms with E-state index in [0.717, 1.165) is 28.9 Å². The Bertz CT molecular complexity index is 1070. The number of phenolic OH excluding ortho intramolecular Hbond substituents is 1. The minimum absolute atomic E-state index is 0.101. The topological polar surface area (TPSA) is 87.7 Å². The largest absolute Gasteiger partial charge is 0.507 e. The zero-order valence-electron chi connectivity index (χ0n) is 18.0. The number of hydrogen-bond donors (Lipinski definition) is 2. The van der Waals surface area contributed by atoms with E-state index >= 15 is 0 Å². The third-order valence-electron chi connectivity index (χ3n) is 5.53. The number of nitrogens with one attached hydrogen (secondary N) is 1. The van der Waals surface area contributed by atoms with E-state index in [2.05, 4.69) is 10.2 Å². The molecule has 2 aromatic carbocycles. The quantitative estimate of drug-likeness (QED) is 0.536. The smallest absolute Gasteiger partial charge is 0.273 e. The van der Waals surface area contributed by atoms with Gasteiger partial charge in [0.05, 0.1) is 12.6 Å². The fourth-order valence-corrected chi connectivity index (χ4v) is 4.11. The van der Waals surface area contributed by atoms with Crippen LogP contribution in [0.2, 0.25) is 0 Å². The van der Waals surface area contributed by atoms with Crippen LogP contribution in [0.25, 0.3) is 11.3 Å². The lowest BCUT2D eigenvalue weighted by molar-refractivity contribution is 0.0723. The van der Waals surface area contributed by atoms with Crippen molar-refractivity contribution in [3.05, 3.63) is 64.8 Å². The van der Waals surface area contributed by atoms with Crippen molar-refractivity contribution in [1.29, 1.82) is 0 Å². The molecule has 0 saturated carbocycles. The number of fused-ring (bicyclic) bond motifs is 1. The number of aromatic hydroxyl groups is 1. The van der Waals surface area contributed by atoms with E-state index in [9.17, 15) is 9.90 Å². The Morgan fingerprint density at radius 1 is 1.19 bits per heavy atom. The van der Waals surface area contributed by atoms with Crippen molar-refractivity contribution >= 4 is 5.91 Å². The number of methoxy groups -OCH3 is 1. The number of H-pyrrole nitrogens is 1. The van der Waals surface area contributed by atoms with Crippen molar-refractivity contribution in [2.45, 2.75) is 26.3 Å². The van der Waals surface area contributed by atoms with Gasteiger partial charge in [-0.25, -0.2) is 0 Å². The van der Waals surface area contributed by atoms with Gasteiger partial charge in [-0.2, -0.15) is 5.10 Å². The standard InChI is InChI=1S/C24H27N3O4/c1-4-31-17-9-7-16(8-10-17)23-20-21(18-14-15(2)6-11-19(18)28)25-26-22(20)24(29)27(23)12-5-13-30-3/h6-11,14,23,28H,4-5,12-13H2,1-3H3,(H,25,26)/t23-/m1/s1. The van der Waals surface area contributed by atoms with E-state index in [-0.39, 0.29) is 17.7 Å². The summed E-state index contributed by atoms with van der Waals surface area (Å²) < 4.78 is 10.8. The number of hydrogen-bond acceptors (Lipinski definition) is 5. The summed E-state index contributed by atoms with van der Waals surface area (Å²) >= 11 is 0. The molecule has 31 heavy (non-hydrogen) atoms. The summed E-state index contributed by atoms with van der Waals surface area (Å²) in [5, 5.41) is 17.9. The van der Waals surface area contributed by atoms with E-state index in [1.165, 1.54) is 0 Å². The van der Waals surface area contributed by atoms with Gasteiger partial charge >= 0.3 is 0 Å². The molecular formula is C24H27N3O4. The number of carbonyl (C=O) groups excluding carboxylic acids is 1. The van der Waals surface area contributed by atoms with Crippen molar-refractivity contribution in [2.24, 2.45) is 0 Å². The number of rotatable bonds is 8. The number of aromatic amines is 1.